The summed E-state index contributed by atoms with van der Waals surface area (Å²) < 4.78 is 25.6. The topological polar surface area (TPSA) is 95.6 Å². The molecule has 0 bridgehead atoms. The molecular formula is C18H19N3O4S. The van der Waals surface area contributed by atoms with Crippen LogP contribution in [0, 0.1) is 0 Å². The smallest absolute Gasteiger partial charge is 0.242 e. The van der Waals surface area contributed by atoms with Crippen molar-refractivity contribution in [2.24, 2.45) is 0 Å². The van der Waals surface area contributed by atoms with Crippen LogP contribution in [0.15, 0.2) is 53.4 Å². The van der Waals surface area contributed by atoms with Crippen molar-refractivity contribution in [3.05, 3.63) is 54.1 Å². The molecule has 0 radical (unpaired) electrons. The number of nitrogens with one attached hydrogen (secondary N) is 2. The lowest BCUT2D eigenvalue weighted by molar-refractivity contribution is -0.123. The van der Waals surface area contributed by atoms with Crippen molar-refractivity contribution in [1.82, 2.24) is 4.31 Å². The van der Waals surface area contributed by atoms with E-state index in [0.29, 0.717) is 11.4 Å². The van der Waals surface area contributed by atoms with Crippen LogP contribution < -0.4 is 10.6 Å². The minimum atomic E-state index is -3.60. The number of carbonyl (C=O) groups is 2. The number of nitrogens with zero attached hydrogens (tertiary/aromatic N) is 1. The Morgan fingerprint density at radius 3 is 2.62 bits per heavy atom. The van der Waals surface area contributed by atoms with Crippen molar-refractivity contribution in [1.29, 1.82) is 0 Å². The van der Waals surface area contributed by atoms with E-state index in [0.717, 1.165) is 9.87 Å². The van der Waals surface area contributed by atoms with Gasteiger partial charge in [-0.1, -0.05) is 24.3 Å². The molecule has 2 aromatic rings. The number of benzene rings is 2. The second kappa shape index (κ2) is 6.89. The van der Waals surface area contributed by atoms with Crippen molar-refractivity contribution >= 4 is 33.2 Å². The van der Waals surface area contributed by atoms with Gasteiger partial charge in [0.15, 0.2) is 0 Å². The fourth-order valence-corrected chi connectivity index (χ4v) is 3.77. The number of carbonyl (C=O) groups excluding carboxylic acids is 2. The highest BCUT2D eigenvalue weighted by Gasteiger charge is 2.30. The van der Waals surface area contributed by atoms with E-state index in [4.69, 9.17) is 0 Å². The maximum atomic E-state index is 12.7. The summed E-state index contributed by atoms with van der Waals surface area (Å²) >= 11 is 0. The monoisotopic (exact) mass is 373 g/mol. The number of para-hydroxylation sites is 1. The van der Waals surface area contributed by atoms with Gasteiger partial charge in [0.2, 0.25) is 21.8 Å². The summed E-state index contributed by atoms with van der Waals surface area (Å²) in [5.41, 5.74) is 1.72. The molecule has 136 valence electrons. The first-order valence-electron chi connectivity index (χ1n) is 8.01. The lowest BCUT2D eigenvalue weighted by Gasteiger charge is -2.24. The predicted octanol–water partition coefficient (Wildman–Crippen LogP) is 2.00. The van der Waals surface area contributed by atoms with Crippen LogP contribution in [0.4, 0.5) is 11.4 Å². The van der Waals surface area contributed by atoms with Crippen molar-refractivity contribution in [3.63, 3.8) is 0 Å². The van der Waals surface area contributed by atoms with Crippen LogP contribution in [0.5, 0.6) is 0 Å². The van der Waals surface area contributed by atoms with E-state index in [-0.39, 0.29) is 23.1 Å². The fourth-order valence-electron chi connectivity index (χ4n) is 2.82. The summed E-state index contributed by atoms with van der Waals surface area (Å²) in [5.74, 6) is -1.21. The van der Waals surface area contributed by atoms with E-state index in [9.17, 15) is 18.0 Å². The Morgan fingerprint density at radius 2 is 1.88 bits per heavy atom. The van der Waals surface area contributed by atoms with Crippen LogP contribution in [0.2, 0.25) is 0 Å². The first-order chi connectivity index (χ1) is 12.3. The van der Waals surface area contributed by atoms with Crippen LogP contribution in [0.25, 0.3) is 0 Å². The van der Waals surface area contributed by atoms with Crippen molar-refractivity contribution in [3.8, 4) is 0 Å². The number of amides is 2. The highest BCUT2D eigenvalue weighted by atomic mass is 32.2. The van der Waals surface area contributed by atoms with Crippen LogP contribution in [-0.2, 0) is 19.6 Å². The number of hydrogen-bond acceptors (Lipinski definition) is 4. The Kier molecular flexibility index (Phi) is 4.80. The molecule has 0 unspecified atom stereocenters. The molecule has 2 amide bonds. The van der Waals surface area contributed by atoms with Gasteiger partial charge in [-0.3, -0.25) is 9.59 Å². The normalized spacial score (nSPS) is 16.7. The van der Waals surface area contributed by atoms with Crippen LogP contribution in [-0.4, -0.2) is 38.6 Å². The molecule has 3 rings (SSSR count). The average molecular weight is 373 g/mol. The van der Waals surface area contributed by atoms with Crippen molar-refractivity contribution < 1.29 is 18.0 Å². The third-order valence-corrected chi connectivity index (χ3v) is 6.01. The minimum absolute atomic E-state index is 0.0402. The molecular weight excluding hydrogens is 354 g/mol. The highest BCUT2D eigenvalue weighted by molar-refractivity contribution is 7.89. The molecule has 0 aliphatic carbocycles. The Labute approximate surface area is 152 Å². The summed E-state index contributed by atoms with van der Waals surface area (Å²) in [7, 11) is -0.714. The van der Waals surface area contributed by atoms with Gasteiger partial charge in [0, 0.05) is 31.9 Å². The molecule has 7 nitrogen and oxygen atoms in total. The van der Waals surface area contributed by atoms with Gasteiger partial charge >= 0.3 is 0 Å². The molecule has 0 saturated heterocycles. The molecule has 26 heavy (non-hydrogen) atoms. The van der Waals surface area contributed by atoms with Gasteiger partial charge in [-0.25, -0.2) is 12.7 Å². The van der Waals surface area contributed by atoms with Crippen LogP contribution >= 0.6 is 0 Å². The molecule has 0 aromatic heterocycles. The summed E-state index contributed by atoms with van der Waals surface area (Å²) in [4.78, 5) is 24.7. The number of hydrogen-bond donors (Lipinski definition) is 2. The lowest BCUT2D eigenvalue weighted by atomic mass is 9.90. The predicted molar refractivity (Wildman–Crippen MR) is 98.4 cm³/mol. The summed E-state index contributed by atoms with van der Waals surface area (Å²) in [6.45, 7) is 0. The molecule has 2 N–H and O–H groups in total. The standard InChI is InChI=1S/C18H19N3O4S/c1-21(2)26(24,25)13-7-5-6-12(10-13)19-18(23)15-11-17(22)20-16-9-4-3-8-14(15)16/h3-10,15H,11H2,1-2H3,(H,19,23)(H,20,22)/t15-/m0/s1. The van der Waals surface area contributed by atoms with Crippen molar-refractivity contribution in [2.45, 2.75) is 17.2 Å². The average Bonchev–Trinajstić information content (AvgIpc) is 2.61. The second-order valence-corrected chi connectivity index (χ2v) is 8.35. The number of anilines is 2. The van der Waals surface area contributed by atoms with E-state index in [1.54, 1.807) is 36.4 Å². The second-order valence-electron chi connectivity index (χ2n) is 6.20. The maximum Gasteiger partial charge on any atom is 0.242 e. The van der Waals surface area contributed by atoms with E-state index < -0.39 is 15.9 Å². The third-order valence-electron chi connectivity index (χ3n) is 4.20. The zero-order chi connectivity index (χ0) is 18.9. The van der Waals surface area contributed by atoms with Gasteiger partial charge in [0.1, 0.15) is 0 Å². The number of fused-ring (bicyclic) bond motifs is 1. The molecule has 0 saturated carbocycles. The maximum absolute atomic E-state index is 12.7. The third kappa shape index (κ3) is 3.47. The van der Waals surface area contributed by atoms with Crippen LogP contribution in [0.1, 0.15) is 17.9 Å². The molecule has 1 heterocycles. The summed E-state index contributed by atoms with van der Waals surface area (Å²) in [6, 6.07) is 13.2. The van der Waals surface area contributed by atoms with Gasteiger partial charge in [-0.2, -0.15) is 0 Å². The molecule has 2 aromatic carbocycles. The van der Waals surface area contributed by atoms with Gasteiger partial charge < -0.3 is 10.6 Å². The van der Waals surface area contributed by atoms with E-state index in [1.165, 1.54) is 26.2 Å². The van der Waals surface area contributed by atoms with E-state index >= 15 is 0 Å². The van der Waals surface area contributed by atoms with E-state index in [2.05, 4.69) is 10.6 Å². The Balaban J connectivity index is 1.87. The molecule has 0 fully saturated rings. The Bertz CT molecular complexity index is 970. The Morgan fingerprint density at radius 1 is 1.15 bits per heavy atom. The SMILES string of the molecule is CN(C)S(=O)(=O)c1cccc(NC(=O)[C@H]2CC(=O)Nc3ccccc32)c1. The van der Waals surface area contributed by atoms with Crippen LogP contribution in [0.3, 0.4) is 0 Å². The van der Waals surface area contributed by atoms with Gasteiger partial charge in [-0.05, 0) is 29.8 Å². The number of rotatable bonds is 4. The van der Waals surface area contributed by atoms with E-state index in [1.807, 2.05) is 0 Å². The minimum Gasteiger partial charge on any atom is -0.326 e. The molecule has 1 atom stereocenters. The largest absolute Gasteiger partial charge is 0.326 e. The molecule has 1 aliphatic rings. The Hall–Kier alpha value is -2.71. The first kappa shape index (κ1) is 18.1. The zero-order valence-corrected chi connectivity index (χ0v) is 15.2. The summed E-state index contributed by atoms with van der Waals surface area (Å²) in [5, 5.41) is 5.47. The highest BCUT2D eigenvalue weighted by Crippen LogP contribution is 2.33. The quantitative estimate of drug-likeness (QED) is 0.857. The lowest BCUT2D eigenvalue weighted by Crippen LogP contribution is -2.30. The molecule has 1 aliphatic heterocycles. The van der Waals surface area contributed by atoms with Gasteiger partial charge in [0.05, 0.1) is 10.8 Å². The summed E-state index contributed by atoms with van der Waals surface area (Å²) in [6.07, 6.45) is 0.0402. The fraction of sp³-hybridized carbons (Fsp3) is 0.222. The molecule has 0 spiro atoms. The number of sulfonamides is 1. The van der Waals surface area contributed by atoms with Gasteiger partial charge in [0.25, 0.3) is 0 Å². The first-order valence-corrected chi connectivity index (χ1v) is 9.45. The molecule has 8 heteroatoms. The van der Waals surface area contributed by atoms with Gasteiger partial charge in [-0.15, -0.1) is 0 Å². The van der Waals surface area contributed by atoms with Crippen molar-refractivity contribution in [2.75, 3.05) is 24.7 Å². The zero-order valence-electron chi connectivity index (χ0n) is 14.4.